The Morgan fingerprint density at radius 1 is 0.509 bits per heavy atom. The maximum atomic E-state index is 7.06. The Morgan fingerprint density at radius 2 is 1.05 bits per heavy atom. The smallest absolute Gasteiger partial charge is 0.131 e. The number of nitrogens with two attached hydrogens (primary N) is 1. The van der Waals surface area contributed by atoms with Crippen LogP contribution in [0.4, 0.5) is 0 Å². The first kappa shape index (κ1) is 31.7. The lowest BCUT2D eigenvalue weighted by Gasteiger charge is -2.32. The quantitative estimate of drug-likeness (QED) is 0.0616. The van der Waals surface area contributed by atoms with Crippen LogP contribution in [0.1, 0.15) is 45.1 Å². The molecule has 2 aliphatic carbocycles. The Hall–Kier alpha value is -6.81. The van der Waals surface area contributed by atoms with E-state index in [0.29, 0.717) is 6.54 Å². The van der Waals surface area contributed by atoms with Crippen molar-refractivity contribution in [1.82, 2.24) is 5.32 Å². The van der Waals surface area contributed by atoms with E-state index in [1.54, 1.807) is 0 Å². The van der Waals surface area contributed by atoms with Gasteiger partial charge in [0.1, 0.15) is 12.0 Å². The van der Waals surface area contributed by atoms with Crippen molar-refractivity contribution in [1.29, 1.82) is 0 Å². The maximum Gasteiger partial charge on any atom is 0.131 e. The first-order valence-electron chi connectivity index (χ1n) is 19.1. The van der Waals surface area contributed by atoms with Gasteiger partial charge in [-0.2, -0.15) is 0 Å². The molecule has 3 heteroatoms. The highest BCUT2D eigenvalue weighted by Crippen LogP contribution is 2.63. The zero-order valence-electron chi connectivity index (χ0n) is 30.2. The predicted molar refractivity (Wildman–Crippen MR) is 228 cm³/mol. The van der Waals surface area contributed by atoms with Crippen molar-refractivity contribution in [2.75, 3.05) is 0 Å². The highest BCUT2D eigenvalue weighted by molar-refractivity contribution is 6.26. The maximum absolute atomic E-state index is 7.06. The van der Waals surface area contributed by atoms with Crippen molar-refractivity contribution in [3.8, 4) is 22.3 Å². The molecule has 1 spiro atoms. The first-order valence-corrected chi connectivity index (χ1v) is 19.1. The molecule has 0 saturated heterocycles. The number of rotatable bonds is 5. The molecular formula is C52H37N3. The van der Waals surface area contributed by atoms with Crippen LogP contribution in [-0.2, 0) is 12.0 Å². The summed E-state index contributed by atoms with van der Waals surface area (Å²) in [4.78, 5) is 5.67. The van der Waals surface area contributed by atoms with Crippen molar-refractivity contribution in [2.24, 2.45) is 10.7 Å². The molecule has 0 radical (unpaired) electrons. The van der Waals surface area contributed by atoms with Gasteiger partial charge in [0.2, 0.25) is 0 Å². The lowest BCUT2D eigenvalue weighted by Crippen LogP contribution is -2.35. The molecule has 9 aromatic rings. The van der Waals surface area contributed by atoms with Crippen molar-refractivity contribution in [2.45, 2.75) is 18.1 Å². The summed E-state index contributed by atoms with van der Waals surface area (Å²) < 4.78 is 0. The van der Waals surface area contributed by atoms with Gasteiger partial charge in [-0.25, -0.2) is 0 Å². The standard InChI is InChI=1S/C52H37N3/c53-50(34-16-2-1-3-17-34)55-51(48-39-21-7-5-18-35(39)31-36-30-29-33-15-4-6-20-38(33)47(36)48)54-32-37-19-14-25-43-42-24-10-13-28-46(42)52(49(37)43)44-26-11-8-22-40(44)41-23-9-12-27-45(41)52/h1-31,50H,32,53H2,(H,54,55). The van der Waals surface area contributed by atoms with E-state index in [-0.39, 0.29) is 0 Å². The number of aliphatic imine (C=N–C) groups is 1. The molecule has 0 saturated carbocycles. The number of benzene rings is 9. The fourth-order valence-electron chi connectivity index (χ4n) is 9.71. The third-order valence-electron chi connectivity index (χ3n) is 11.9. The third-order valence-corrected chi connectivity index (χ3v) is 11.9. The Labute approximate surface area is 320 Å². The lowest BCUT2D eigenvalue weighted by molar-refractivity contribution is 0.679. The molecule has 0 aliphatic heterocycles. The van der Waals surface area contributed by atoms with Crippen LogP contribution in [0, 0.1) is 0 Å². The highest BCUT2D eigenvalue weighted by Gasteiger charge is 2.52. The van der Waals surface area contributed by atoms with Crippen LogP contribution in [-0.4, -0.2) is 5.84 Å². The average Bonchev–Trinajstić information content (AvgIpc) is 3.72. The van der Waals surface area contributed by atoms with Gasteiger partial charge in [-0.1, -0.05) is 182 Å². The minimum absolute atomic E-state index is 0.457. The summed E-state index contributed by atoms with van der Waals surface area (Å²) in [6.45, 7) is 0.461. The molecule has 1 unspecified atom stereocenters. The summed E-state index contributed by atoms with van der Waals surface area (Å²) in [5.74, 6) is 0.781. The third kappa shape index (κ3) is 4.64. The fourth-order valence-corrected chi connectivity index (χ4v) is 9.71. The molecular weight excluding hydrogens is 667 g/mol. The normalized spacial score (nSPS) is 14.2. The van der Waals surface area contributed by atoms with E-state index in [9.17, 15) is 0 Å². The number of hydrogen-bond donors (Lipinski definition) is 2. The van der Waals surface area contributed by atoms with Crippen LogP contribution in [0.25, 0.3) is 54.6 Å². The molecule has 3 N–H and O–H groups in total. The van der Waals surface area contributed by atoms with E-state index in [1.165, 1.54) is 71.6 Å². The molecule has 0 amide bonds. The molecule has 260 valence electrons. The topological polar surface area (TPSA) is 50.4 Å². The van der Waals surface area contributed by atoms with Gasteiger partial charge in [0, 0.05) is 10.9 Å². The molecule has 11 rings (SSSR count). The molecule has 3 nitrogen and oxygen atoms in total. The summed E-state index contributed by atoms with van der Waals surface area (Å²) in [5, 5.41) is 10.8. The summed E-state index contributed by atoms with van der Waals surface area (Å²) in [7, 11) is 0. The molecule has 0 heterocycles. The van der Waals surface area contributed by atoms with E-state index >= 15 is 0 Å². The zero-order valence-corrected chi connectivity index (χ0v) is 30.2. The van der Waals surface area contributed by atoms with Gasteiger partial charge >= 0.3 is 0 Å². The first-order chi connectivity index (χ1) is 27.2. The van der Waals surface area contributed by atoms with Crippen LogP contribution in [0.3, 0.4) is 0 Å². The van der Waals surface area contributed by atoms with Crippen molar-refractivity contribution in [3.63, 3.8) is 0 Å². The molecule has 2 aliphatic rings. The number of nitrogens with one attached hydrogen (secondary N) is 1. The van der Waals surface area contributed by atoms with Crippen LogP contribution >= 0.6 is 0 Å². The van der Waals surface area contributed by atoms with Crippen LogP contribution in [0.15, 0.2) is 193 Å². The summed E-state index contributed by atoms with van der Waals surface area (Å²) in [6.07, 6.45) is -0.477. The Kier molecular flexibility index (Phi) is 7.13. The van der Waals surface area contributed by atoms with Gasteiger partial charge in [0.25, 0.3) is 0 Å². The summed E-state index contributed by atoms with van der Waals surface area (Å²) in [5.41, 5.74) is 20.3. The number of amidine groups is 1. The Balaban J connectivity index is 1.18. The Bertz CT molecular complexity index is 2950. The van der Waals surface area contributed by atoms with Crippen LogP contribution in [0.2, 0.25) is 0 Å². The van der Waals surface area contributed by atoms with Gasteiger partial charge in [0.15, 0.2) is 0 Å². The average molecular weight is 704 g/mol. The molecule has 9 aromatic carbocycles. The van der Waals surface area contributed by atoms with Crippen molar-refractivity contribution in [3.05, 3.63) is 227 Å². The second-order valence-electron chi connectivity index (χ2n) is 14.8. The number of nitrogens with zero attached hydrogens (tertiary/aromatic N) is 1. The predicted octanol–water partition coefficient (Wildman–Crippen LogP) is 11.7. The van der Waals surface area contributed by atoms with Gasteiger partial charge < -0.3 is 11.1 Å². The molecule has 1 atom stereocenters. The fraction of sp³-hybridized carbons (Fsp3) is 0.0577. The van der Waals surface area contributed by atoms with Gasteiger partial charge in [-0.05, 0) is 88.6 Å². The van der Waals surface area contributed by atoms with Gasteiger partial charge in [-0.3, -0.25) is 4.99 Å². The van der Waals surface area contributed by atoms with Gasteiger partial charge in [-0.15, -0.1) is 0 Å². The molecule has 0 fully saturated rings. The zero-order chi connectivity index (χ0) is 36.5. The monoisotopic (exact) mass is 703 g/mol. The highest BCUT2D eigenvalue weighted by atomic mass is 15.1. The second kappa shape index (κ2) is 12.4. The summed E-state index contributed by atoms with van der Waals surface area (Å²) >= 11 is 0. The van der Waals surface area contributed by atoms with E-state index in [0.717, 1.165) is 27.7 Å². The lowest BCUT2D eigenvalue weighted by atomic mass is 9.69. The largest absolute Gasteiger partial charge is 0.351 e. The van der Waals surface area contributed by atoms with Crippen LogP contribution < -0.4 is 11.1 Å². The van der Waals surface area contributed by atoms with E-state index < -0.39 is 11.6 Å². The van der Waals surface area contributed by atoms with E-state index in [4.69, 9.17) is 10.7 Å². The van der Waals surface area contributed by atoms with Crippen molar-refractivity contribution >= 4 is 38.2 Å². The van der Waals surface area contributed by atoms with Gasteiger partial charge in [0.05, 0.1) is 12.0 Å². The van der Waals surface area contributed by atoms with Crippen LogP contribution in [0.5, 0.6) is 0 Å². The minimum Gasteiger partial charge on any atom is -0.351 e. The van der Waals surface area contributed by atoms with E-state index in [2.05, 4.69) is 175 Å². The second-order valence-corrected chi connectivity index (χ2v) is 14.8. The number of hydrogen-bond acceptors (Lipinski definition) is 2. The molecule has 55 heavy (non-hydrogen) atoms. The molecule has 0 aromatic heterocycles. The SMILES string of the molecule is NC(NC(=NCc1cccc2c1C1(c3ccccc3-c3ccccc31)c1ccccc1-2)c1c2ccccc2cc2ccc3ccccc3c12)c1ccccc1. The number of fused-ring (bicyclic) bond motifs is 14. The van der Waals surface area contributed by atoms with E-state index in [1.807, 2.05) is 18.2 Å². The Morgan fingerprint density at radius 3 is 1.76 bits per heavy atom. The molecule has 0 bridgehead atoms. The summed E-state index contributed by atoms with van der Waals surface area (Å²) in [6, 6.07) is 68.0. The minimum atomic E-state index is -0.477. The van der Waals surface area contributed by atoms with Crippen molar-refractivity contribution < 1.29 is 0 Å².